The molecule has 0 saturated heterocycles. The van der Waals surface area contributed by atoms with E-state index in [1.165, 1.54) is 12.1 Å². The molecule has 0 bridgehead atoms. The summed E-state index contributed by atoms with van der Waals surface area (Å²) in [6.45, 7) is 1.81. The van der Waals surface area contributed by atoms with Crippen molar-refractivity contribution in [2.75, 3.05) is 0 Å². The van der Waals surface area contributed by atoms with Crippen LogP contribution < -0.4 is 5.32 Å². The maximum atomic E-state index is 13.3. The molecule has 1 atom stereocenters. The Hall–Kier alpha value is -2.67. The molecule has 1 unspecified atom stereocenters. The van der Waals surface area contributed by atoms with Gasteiger partial charge in [0.2, 0.25) is 0 Å². The molecule has 0 fully saturated rings. The number of aromatic nitrogens is 2. The molecule has 0 spiro atoms. The van der Waals surface area contributed by atoms with Crippen LogP contribution in [0.15, 0.2) is 51.6 Å². The largest absolute Gasteiger partial charge is 0.459 e. The highest BCUT2D eigenvalue weighted by molar-refractivity contribution is 9.10. The van der Waals surface area contributed by atoms with Gasteiger partial charge in [-0.25, -0.2) is 9.37 Å². The average Bonchev–Trinajstić information content (AvgIpc) is 3.17. The second kappa shape index (κ2) is 6.00. The molecule has 0 saturated carbocycles. The standard InChI is InChI=1S/C18H13BrFN3O2/c1-9(16-5-10-4-12(20)2-3-15(10)25-16)23-18(24)14-8-22-17-13(14)6-11(19)7-21-17/h2-9H,1H3,(H,21,22)(H,23,24). The first kappa shape index (κ1) is 15.8. The van der Waals surface area contributed by atoms with Gasteiger partial charge >= 0.3 is 0 Å². The van der Waals surface area contributed by atoms with Crippen LogP contribution in [-0.2, 0) is 0 Å². The van der Waals surface area contributed by atoms with Gasteiger partial charge in [0.1, 0.15) is 22.8 Å². The maximum absolute atomic E-state index is 13.3. The van der Waals surface area contributed by atoms with E-state index in [1.807, 2.05) is 13.0 Å². The first-order chi connectivity index (χ1) is 12.0. The Balaban J connectivity index is 1.61. The molecule has 7 heteroatoms. The fourth-order valence-electron chi connectivity index (χ4n) is 2.76. The van der Waals surface area contributed by atoms with E-state index < -0.39 is 0 Å². The van der Waals surface area contributed by atoms with Gasteiger partial charge in [0.15, 0.2) is 0 Å². The molecule has 0 aliphatic carbocycles. The van der Waals surface area contributed by atoms with Gasteiger partial charge in [-0.2, -0.15) is 0 Å². The Bertz CT molecular complexity index is 1100. The molecule has 4 aromatic rings. The van der Waals surface area contributed by atoms with E-state index in [0.717, 1.165) is 9.86 Å². The number of benzene rings is 1. The van der Waals surface area contributed by atoms with Crippen LogP contribution in [0.1, 0.15) is 29.1 Å². The summed E-state index contributed by atoms with van der Waals surface area (Å²) in [6, 6.07) is 7.52. The van der Waals surface area contributed by atoms with Gasteiger partial charge in [0, 0.05) is 27.6 Å². The minimum absolute atomic E-state index is 0.245. The van der Waals surface area contributed by atoms with Crippen LogP contribution in [0, 0.1) is 5.82 Å². The van der Waals surface area contributed by atoms with Crippen LogP contribution in [0.3, 0.4) is 0 Å². The van der Waals surface area contributed by atoms with Gasteiger partial charge in [-0.15, -0.1) is 0 Å². The van der Waals surface area contributed by atoms with Crippen molar-refractivity contribution in [2.45, 2.75) is 13.0 Å². The first-order valence-electron chi connectivity index (χ1n) is 7.64. The second-order valence-corrected chi connectivity index (χ2v) is 6.69. The van der Waals surface area contributed by atoms with Crippen LogP contribution in [0.4, 0.5) is 4.39 Å². The van der Waals surface area contributed by atoms with E-state index in [9.17, 15) is 9.18 Å². The average molecular weight is 402 g/mol. The third-order valence-corrected chi connectivity index (χ3v) is 4.45. The molecule has 3 heterocycles. The number of furan rings is 1. The van der Waals surface area contributed by atoms with Gasteiger partial charge in [0.25, 0.3) is 5.91 Å². The maximum Gasteiger partial charge on any atom is 0.254 e. The Kier molecular flexibility index (Phi) is 3.80. The zero-order chi connectivity index (χ0) is 17.6. The van der Waals surface area contributed by atoms with Crippen LogP contribution in [0.2, 0.25) is 0 Å². The summed E-state index contributed by atoms with van der Waals surface area (Å²) in [6.07, 6.45) is 3.29. The van der Waals surface area contributed by atoms with Gasteiger partial charge in [-0.3, -0.25) is 4.79 Å². The summed E-state index contributed by atoms with van der Waals surface area (Å²) in [5.74, 6) is -0.00760. The minimum atomic E-state index is -0.368. The fraction of sp³-hybridized carbons (Fsp3) is 0.111. The topological polar surface area (TPSA) is 70.9 Å². The summed E-state index contributed by atoms with van der Waals surface area (Å²) in [7, 11) is 0. The Morgan fingerprint density at radius 1 is 1.36 bits per heavy atom. The molecule has 0 aliphatic rings. The SMILES string of the molecule is CC(NC(=O)c1c[nH]c2ncc(Br)cc12)c1cc2cc(F)ccc2o1. The predicted octanol–water partition coefficient (Wildman–Crippen LogP) is 4.70. The number of hydrogen-bond donors (Lipinski definition) is 2. The molecule has 1 amide bonds. The second-order valence-electron chi connectivity index (χ2n) is 5.78. The van der Waals surface area contributed by atoms with E-state index in [4.69, 9.17) is 4.42 Å². The molecule has 5 nitrogen and oxygen atoms in total. The quantitative estimate of drug-likeness (QED) is 0.522. The van der Waals surface area contributed by atoms with Gasteiger partial charge in [0.05, 0.1) is 11.6 Å². The van der Waals surface area contributed by atoms with Crippen molar-refractivity contribution in [2.24, 2.45) is 0 Å². The van der Waals surface area contributed by atoms with Crippen molar-refractivity contribution < 1.29 is 13.6 Å². The minimum Gasteiger partial charge on any atom is -0.459 e. The summed E-state index contributed by atoms with van der Waals surface area (Å²) in [5, 5.41) is 4.29. The number of rotatable bonds is 3. The number of nitrogens with one attached hydrogen (secondary N) is 2. The Labute approximate surface area is 150 Å². The number of fused-ring (bicyclic) bond motifs is 2. The summed E-state index contributed by atoms with van der Waals surface area (Å²) in [5.41, 5.74) is 1.72. The number of carbonyl (C=O) groups excluding carboxylic acids is 1. The van der Waals surface area contributed by atoms with E-state index in [0.29, 0.717) is 27.9 Å². The molecule has 126 valence electrons. The monoisotopic (exact) mass is 401 g/mol. The molecule has 3 aromatic heterocycles. The summed E-state index contributed by atoms with van der Waals surface area (Å²) >= 11 is 3.36. The number of aromatic amines is 1. The van der Waals surface area contributed by atoms with E-state index >= 15 is 0 Å². The smallest absolute Gasteiger partial charge is 0.254 e. The molecular formula is C18H13BrFN3O2. The Morgan fingerprint density at radius 2 is 2.20 bits per heavy atom. The number of pyridine rings is 1. The molecular weight excluding hydrogens is 389 g/mol. The highest BCUT2D eigenvalue weighted by Gasteiger charge is 2.18. The number of nitrogens with zero attached hydrogens (tertiary/aromatic N) is 1. The molecule has 2 N–H and O–H groups in total. The highest BCUT2D eigenvalue weighted by atomic mass is 79.9. The number of H-pyrrole nitrogens is 1. The van der Waals surface area contributed by atoms with Crippen LogP contribution in [0.5, 0.6) is 0 Å². The van der Waals surface area contributed by atoms with Crippen LogP contribution in [-0.4, -0.2) is 15.9 Å². The Morgan fingerprint density at radius 3 is 3.04 bits per heavy atom. The molecule has 25 heavy (non-hydrogen) atoms. The van der Waals surface area contributed by atoms with E-state index in [-0.39, 0.29) is 17.8 Å². The lowest BCUT2D eigenvalue weighted by atomic mass is 10.1. The molecule has 1 aromatic carbocycles. The first-order valence-corrected chi connectivity index (χ1v) is 8.43. The van der Waals surface area contributed by atoms with Crippen molar-refractivity contribution in [3.8, 4) is 0 Å². The van der Waals surface area contributed by atoms with Crippen molar-refractivity contribution in [1.29, 1.82) is 0 Å². The van der Waals surface area contributed by atoms with Crippen molar-refractivity contribution in [3.63, 3.8) is 0 Å². The zero-order valence-electron chi connectivity index (χ0n) is 13.1. The number of carbonyl (C=O) groups is 1. The van der Waals surface area contributed by atoms with Gasteiger partial charge in [-0.05, 0) is 53.2 Å². The molecule has 4 rings (SSSR count). The van der Waals surface area contributed by atoms with E-state index in [2.05, 4.69) is 31.2 Å². The van der Waals surface area contributed by atoms with Gasteiger partial charge < -0.3 is 14.7 Å². The lowest BCUT2D eigenvalue weighted by Gasteiger charge is -2.10. The normalized spacial score (nSPS) is 12.6. The number of halogens is 2. The van der Waals surface area contributed by atoms with Gasteiger partial charge in [-0.1, -0.05) is 0 Å². The lowest BCUT2D eigenvalue weighted by Crippen LogP contribution is -2.26. The summed E-state index contributed by atoms with van der Waals surface area (Å²) in [4.78, 5) is 19.8. The zero-order valence-corrected chi connectivity index (χ0v) is 14.7. The van der Waals surface area contributed by atoms with Crippen molar-refractivity contribution in [3.05, 3.63) is 64.3 Å². The molecule has 0 aliphatic heterocycles. The van der Waals surface area contributed by atoms with Crippen molar-refractivity contribution in [1.82, 2.24) is 15.3 Å². The summed E-state index contributed by atoms with van der Waals surface area (Å²) < 4.78 is 19.8. The molecule has 0 radical (unpaired) electrons. The van der Waals surface area contributed by atoms with Crippen LogP contribution in [0.25, 0.3) is 22.0 Å². The van der Waals surface area contributed by atoms with E-state index in [1.54, 1.807) is 24.5 Å². The third kappa shape index (κ3) is 2.91. The van der Waals surface area contributed by atoms with Crippen molar-refractivity contribution >= 4 is 43.8 Å². The fourth-order valence-corrected chi connectivity index (χ4v) is 3.09. The predicted molar refractivity (Wildman–Crippen MR) is 95.8 cm³/mol. The highest BCUT2D eigenvalue weighted by Crippen LogP contribution is 2.26. The van der Waals surface area contributed by atoms with Crippen LogP contribution >= 0.6 is 15.9 Å². The third-order valence-electron chi connectivity index (χ3n) is 4.01. The lowest BCUT2D eigenvalue weighted by molar-refractivity contribution is 0.0937. The number of hydrogen-bond acceptors (Lipinski definition) is 3. The number of amides is 1.